The Balaban J connectivity index is 3.42. The van der Waals surface area contributed by atoms with Crippen LogP contribution in [0.5, 0.6) is 0 Å². The second-order valence-electron chi connectivity index (χ2n) is 3.00. The maximum atomic E-state index is 10.6. The van der Waals surface area contributed by atoms with Gasteiger partial charge in [0.2, 0.25) is 0 Å². The normalized spacial score (nSPS) is 12.1. The van der Waals surface area contributed by atoms with E-state index in [2.05, 4.69) is 4.84 Å². The molecule has 0 aromatic rings. The van der Waals surface area contributed by atoms with Gasteiger partial charge in [0.05, 0.1) is 12.5 Å². The predicted molar refractivity (Wildman–Crippen MR) is 48.2 cm³/mol. The monoisotopic (exact) mass is 205 g/mol. The Labute approximate surface area is 82.0 Å². The van der Waals surface area contributed by atoms with Gasteiger partial charge in [-0.15, -0.1) is 10.1 Å². The zero-order valence-electron chi connectivity index (χ0n) is 8.14. The average molecular weight is 205 g/mol. The quantitative estimate of drug-likeness (QED) is 0.368. The van der Waals surface area contributed by atoms with E-state index in [0.717, 1.165) is 0 Å². The van der Waals surface area contributed by atoms with Gasteiger partial charge in [-0.1, -0.05) is 13.3 Å². The SMILES string of the molecule is CCC(CCCCO[N+](=O)[O-])C(=O)O. The summed E-state index contributed by atoms with van der Waals surface area (Å²) in [5.41, 5.74) is 0. The van der Waals surface area contributed by atoms with Crippen molar-refractivity contribution in [3.8, 4) is 0 Å². The van der Waals surface area contributed by atoms with Crippen molar-refractivity contribution in [1.29, 1.82) is 0 Å². The first kappa shape index (κ1) is 12.7. The van der Waals surface area contributed by atoms with Crippen LogP contribution >= 0.6 is 0 Å². The molecule has 0 aliphatic carbocycles. The van der Waals surface area contributed by atoms with Gasteiger partial charge in [-0.2, -0.15) is 0 Å². The van der Waals surface area contributed by atoms with Crippen LogP contribution in [-0.4, -0.2) is 22.8 Å². The molecular formula is C8H15NO5. The number of nitrogens with zero attached hydrogens (tertiary/aromatic N) is 1. The third kappa shape index (κ3) is 6.22. The van der Waals surface area contributed by atoms with E-state index in [1.165, 1.54) is 0 Å². The summed E-state index contributed by atoms with van der Waals surface area (Å²) in [5, 5.41) is 17.6. The first-order chi connectivity index (χ1) is 6.57. The Kier molecular flexibility index (Phi) is 6.43. The molecule has 6 heteroatoms. The fourth-order valence-corrected chi connectivity index (χ4v) is 1.13. The number of rotatable bonds is 8. The van der Waals surface area contributed by atoms with Crippen molar-refractivity contribution in [2.45, 2.75) is 32.6 Å². The molecule has 0 saturated heterocycles. The summed E-state index contributed by atoms with van der Waals surface area (Å²) < 4.78 is 0. The summed E-state index contributed by atoms with van der Waals surface area (Å²) in [6, 6.07) is 0. The van der Waals surface area contributed by atoms with Gasteiger partial charge in [0.1, 0.15) is 0 Å². The molecule has 0 bridgehead atoms. The molecule has 0 radical (unpaired) electrons. The second kappa shape index (κ2) is 7.11. The largest absolute Gasteiger partial charge is 0.481 e. The van der Waals surface area contributed by atoms with Crippen molar-refractivity contribution in [2.75, 3.05) is 6.61 Å². The first-order valence-electron chi connectivity index (χ1n) is 4.58. The Bertz CT molecular complexity index is 194. The topological polar surface area (TPSA) is 89.7 Å². The lowest BCUT2D eigenvalue weighted by molar-refractivity contribution is -0.757. The smallest absolute Gasteiger partial charge is 0.306 e. The molecule has 0 saturated carbocycles. The highest BCUT2D eigenvalue weighted by Crippen LogP contribution is 2.12. The molecule has 14 heavy (non-hydrogen) atoms. The van der Waals surface area contributed by atoms with E-state index in [-0.39, 0.29) is 12.5 Å². The molecule has 0 aromatic heterocycles. The molecule has 0 aliphatic rings. The van der Waals surface area contributed by atoms with E-state index in [1.54, 1.807) is 0 Å². The van der Waals surface area contributed by atoms with Gasteiger partial charge in [-0.05, 0) is 19.3 Å². The van der Waals surface area contributed by atoms with Crippen LogP contribution in [-0.2, 0) is 9.63 Å². The highest BCUT2D eigenvalue weighted by molar-refractivity contribution is 5.69. The van der Waals surface area contributed by atoms with Gasteiger partial charge < -0.3 is 9.94 Å². The van der Waals surface area contributed by atoms with E-state index >= 15 is 0 Å². The van der Waals surface area contributed by atoms with Gasteiger partial charge in [0, 0.05) is 0 Å². The third-order valence-electron chi connectivity index (χ3n) is 1.99. The van der Waals surface area contributed by atoms with Crippen molar-refractivity contribution in [2.24, 2.45) is 5.92 Å². The third-order valence-corrected chi connectivity index (χ3v) is 1.99. The molecule has 0 heterocycles. The maximum absolute atomic E-state index is 10.6. The van der Waals surface area contributed by atoms with Gasteiger partial charge in [-0.25, -0.2) is 0 Å². The number of hydrogen-bond acceptors (Lipinski definition) is 4. The van der Waals surface area contributed by atoms with Crippen molar-refractivity contribution in [1.82, 2.24) is 0 Å². The molecule has 1 N–H and O–H groups in total. The summed E-state index contributed by atoms with van der Waals surface area (Å²) in [5.74, 6) is -1.15. The highest BCUT2D eigenvalue weighted by Gasteiger charge is 2.13. The lowest BCUT2D eigenvalue weighted by Gasteiger charge is -2.08. The van der Waals surface area contributed by atoms with Crippen LogP contribution in [0.3, 0.4) is 0 Å². The number of unbranched alkanes of at least 4 members (excludes halogenated alkanes) is 1. The van der Waals surface area contributed by atoms with Crippen molar-refractivity contribution >= 4 is 5.97 Å². The average Bonchev–Trinajstić information content (AvgIpc) is 2.10. The first-order valence-corrected chi connectivity index (χ1v) is 4.58. The minimum absolute atomic E-state index is 0.0447. The van der Waals surface area contributed by atoms with Crippen LogP contribution in [0, 0.1) is 16.0 Å². The Morgan fingerprint density at radius 3 is 2.64 bits per heavy atom. The van der Waals surface area contributed by atoms with Gasteiger partial charge in [-0.3, -0.25) is 4.79 Å². The van der Waals surface area contributed by atoms with Crippen molar-refractivity contribution in [3.63, 3.8) is 0 Å². The number of carboxylic acids is 1. The number of hydrogen-bond donors (Lipinski definition) is 1. The van der Waals surface area contributed by atoms with E-state index < -0.39 is 11.1 Å². The summed E-state index contributed by atoms with van der Waals surface area (Å²) in [6.07, 6.45) is 2.29. The molecule has 1 unspecified atom stereocenters. The molecule has 82 valence electrons. The second-order valence-corrected chi connectivity index (χ2v) is 3.00. The molecule has 0 aromatic carbocycles. The number of carbonyl (C=O) groups is 1. The molecule has 0 fully saturated rings. The molecule has 6 nitrogen and oxygen atoms in total. The highest BCUT2D eigenvalue weighted by atomic mass is 16.9. The minimum Gasteiger partial charge on any atom is -0.481 e. The number of aliphatic carboxylic acids is 1. The molecule has 0 amide bonds. The Morgan fingerprint density at radius 2 is 2.21 bits per heavy atom. The molecular weight excluding hydrogens is 190 g/mol. The minimum atomic E-state index is -0.839. The van der Waals surface area contributed by atoms with E-state index in [1.807, 2.05) is 6.92 Å². The standard InChI is InChI=1S/C8H15NO5/c1-2-7(8(10)11)5-3-4-6-14-9(12)13/h7H,2-6H2,1H3,(H,10,11). The lowest BCUT2D eigenvalue weighted by Crippen LogP contribution is -2.12. The Morgan fingerprint density at radius 1 is 1.57 bits per heavy atom. The van der Waals surface area contributed by atoms with Crippen LogP contribution in [0.4, 0.5) is 0 Å². The molecule has 0 spiro atoms. The fraction of sp³-hybridized carbons (Fsp3) is 0.875. The van der Waals surface area contributed by atoms with E-state index in [0.29, 0.717) is 25.7 Å². The molecule has 0 rings (SSSR count). The van der Waals surface area contributed by atoms with Crippen LogP contribution < -0.4 is 0 Å². The van der Waals surface area contributed by atoms with E-state index in [4.69, 9.17) is 5.11 Å². The van der Waals surface area contributed by atoms with Crippen LogP contribution in [0.1, 0.15) is 32.6 Å². The zero-order chi connectivity index (χ0) is 11.0. The lowest BCUT2D eigenvalue weighted by atomic mass is 10.00. The maximum Gasteiger partial charge on any atom is 0.306 e. The van der Waals surface area contributed by atoms with Gasteiger partial charge >= 0.3 is 5.97 Å². The molecule has 0 aliphatic heterocycles. The summed E-state index contributed by atoms with van der Waals surface area (Å²) in [7, 11) is 0. The molecule has 1 atom stereocenters. The van der Waals surface area contributed by atoms with Crippen LogP contribution in [0.15, 0.2) is 0 Å². The number of carboxylic acid groups (broad SMARTS) is 1. The summed E-state index contributed by atoms with van der Waals surface area (Å²) in [4.78, 5) is 24.4. The van der Waals surface area contributed by atoms with Crippen molar-refractivity contribution < 1.29 is 19.8 Å². The van der Waals surface area contributed by atoms with Crippen LogP contribution in [0.2, 0.25) is 0 Å². The summed E-state index contributed by atoms with van der Waals surface area (Å²) in [6.45, 7) is 1.86. The van der Waals surface area contributed by atoms with Crippen LogP contribution in [0.25, 0.3) is 0 Å². The summed E-state index contributed by atoms with van der Waals surface area (Å²) >= 11 is 0. The fourth-order valence-electron chi connectivity index (χ4n) is 1.13. The van der Waals surface area contributed by atoms with Gasteiger partial charge in [0.25, 0.3) is 5.09 Å². The van der Waals surface area contributed by atoms with E-state index in [9.17, 15) is 14.9 Å². The zero-order valence-corrected chi connectivity index (χ0v) is 8.14. The van der Waals surface area contributed by atoms with Gasteiger partial charge in [0.15, 0.2) is 0 Å². The Hall–Kier alpha value is -1.33. The predicted octanol–water partition coefficient (Wildman–Crippen LogP) is 1.48. The van der Waals surface area contributed by atoms with Crippen molar-refractivity contribution in [3.05, 3.63) is 10.1 Å².